The Labute approximate surface area is 85.1 Å². The smallest absolute Gasteiger partial charge is 0.343 e. The highest BCUT2D eigenvalue weighted by Gasteiger charge is 2.33. The van der Waals surface area contributed by atoms with E-state index < -0.39 is 17.1 Å². The normalized spacial score (nSPS) is 15.0. The van der Waals surface area contributed by atoms with Crippen molar-refractivity contribution in [3.8, 4) is 0 Å². The number of carbonyl (C=O) groups excluding carboxylic acids is 1. The number of hydrogen-bond acceptors (Lipinski definition) is 3. The molecule has 0 aliphatic heterocycles. The van der Waals surface area contributed by atoms with Crippen molar-refractivity contribution in [3.05, 3.63) is 15.3 Å². The highest BCUT2D eigenvalue weighted by Crippen LogP contribution is 2.17. The van der Waals surface area contributed by atoms with Crippen LogP contribution >= 0.6 is 12.2 Å². The van der Waals surface area contributed by atoms with Crippen molar-refractivity contribution in [2.24, 2.45) is 5.73 Å². The molecule has 7 heteroatoms. The van der Waals surface area contributed by atoms with Crippen LogP contribution in [0.2, 0.25) is 0 Å². The second-order valence-electron chi connectivity index (χ2n) is 3.19. The predicted octanol–water partition coefficient (Wildman–Crippen LogP) is -0.156. The summed E-state index contributed by atoms with van der Waals surface area (Å²) in [5.41, 5.74) is 3.70. The van der Waals surface area contributed by atoms with E-state index in [0.717, 1.165) is 4.57 Å². The van der Waals surface area contributed by atoms with E-state index >= 15 is 0 Å². The van der Waals surface area contributed by atoms with E-state index in [2.05, 4.69) is 10.2 Å². The van der Waals surface area contributed by atoms with Gasteiger partial charge in [0, 0.05) is 0 Å². The maximum absolute atomic E-state index is 11.4. The van der Waals surface area contributed by atoms with Gasteiger partial charge in [0.15, 0.2) is 4.77 Å². The molecule has 1 atom stereocenters. The van der Waals surface area contributed by atoms with Gasteiger partial charge in [-0.2, -0.15) is 0 Å². The zero-order chi connectivity index (χ0) is 10.9. The molecule has 0 aliphatic rings. The van der Waals surface area contributed by atoms with E-state index in [4.69, 9.17) is 18.0 Å². The third kappa shape index (κ3) is 1.39. The van der Waals surface area contributed by atoms with Gasteiger partial charge in [-0.15, -0.1) is 0 Å². The fourth-order valence-corrected chi connectivity index (χ4v) is 1.54. The Morgan fingerprint density at radius 1 is 1.64 bits per heavy atom. The van der Waals surface area contributed by atoms with Crippen molar-refractivity contribution in [1.82, 2.24) is 14.8 Å². The Hall–Kier alpha value is -1.37. The number of H-pyrrole nitrogens is 2. The molecule has 0 radical (unpaired) electrons. The quantitative estimate of drug-likeness (QED) is 0.613. The van der Waals surface area contributed by atoms with E-state index in [1.54, 1.807) is 13.8 Å². The summed E-state index contributed by atoms with van der Waals surface area (Å²) in [4.78, 5) is 22.6. The van der Waals surface area contributed by atoms with Crippen molar-refractivity contribution >= 4 is 18.1 Å². The molecule has 1 amide bonds. The Morgan fingerprint density at radius 2 is 2.21 bits per heavy atom. The minimum absolute atomic E-state index is 0.165. The molecule has 0 saturated heterocycles. The zero-order valence-electron chi connectivity index (χ0n) is 7.96. The van der Waals surface area contributed by atoms with E-state index in [-0.39, 0.29) is 4.77 Å². The summed E-state index contributed by atoms with van der Waals surface area (Å²) in [5.74, 6) is -0.582. The molecule has 78 valence electrons. The SMILES string of the molecule is CCC(C)(C(N)=O)n1c(=O)[nH][nH]c1=S. The molecule has 1 heterocycles. The van der Waals surface area contributed by atoms with Gasteiger partial charge < -0.3 is 5.73 Å². The van der Waals surface area contributed by atoms with Crippen LogP contribution in [0.15, 0.2) is 4.79 Å². The topological polar surface area (TPSA) is 96.7 Å². The Kier molecular flexibility index (Phi) is 2.61. The second-order valence-corrected chi connectivity index (χ2v) is 3.57. The molecule has 14 heavy (non-hydrogen) atoms. The fraction of sp³-hybridized carbons (Fsp3) is 0.571. The first kappa shape index (κ1) is 10.7. The van der Waals surface area contributed by atoms with Crippen molar-refractivity contribution in [3.63, 3.8) is 0 Å². The average Bonchev–Trinajstić information content (AvgIpc) is 2.45. The number of amides is 1. The number of rotatable bonds is 3. The van der Waals surface area contributed by atoms with Crippen LogP contribution in [0.1, 0.15) is 20.3 Å². The van der Waals surface area contributed by atoms with Gasteiger partial charge in [0.1, 0.15) is 5.54 Å². The van der Waals surface area contributed by atoms with E-state index in [9.17, 15) is 9.59 Å². The van der Waals surface area contributed by atoms with Crippen molar-refractivity contribution in [2.75, 3.05) is 0 Å². The molecule has 0 bridgehead atoms. The molecule has 1 rings (SSSR count). The summed E-state index contributed by atoms with van der Waals surface area (Å²) < 4.78 is 1.32. The van der Waals surface area contributed by atoms with Crippen molar-refractivity contribution in [1.29, 1.82) is 0 Å². The fourth-order valence-electron chi connectivity index (χ4n) is 1.20. The van der Waals surface area contributed by atoms with Crippen LogP contribution < -0.4 is 11.4 Å². The highest BCUT2D eigenvalue weighted by atomic mass is 32.1. The minimum atomic E-state index is -1.08. The maximum atomic E-state index is 11.4. The first-order valence-electron chi connectivity index (χ1n) is 4.13. The Morgan fingerprint density at radius 3 is 2.50 bits per heavy atom. The molecule has 1 aromatic rings. The number of aromatic nitrogens is 3. The van der Waals surface area contributed by atoms with Crippen molar-refractivity contribution in [2.45, 2.75) is 25.8 Å². The lowest BCUT2D eigenvalue weighted by Crippen LogP contribution is -2.47. The molecule has 0 aromatic carbocycles. The van der Waals surface area contributed by atoms with Gasteiger partial charge in [0.2, 0.25) is 5.91 Å². The second kappa shape index (κ2) is 3.41. The standard InChI is InChI=1S/C7H12N4O2S/c1-3-7(2,4(8)12)11-5(13)9-10-6(11)14/h3H2,1-2H3,(H2,8,12)(H,9,13)(H,10,14). The van der Waals surface area contributed by atoms with E-state index in [1.165, 1.54) is 0 Å². The van der Waals surface area contributed by atoms with Crippen LogP contribution in [-0.2, 0) is 10.3 Å². The molecule has 4 N–H and O–H groups in total. The van der Waals surface area contributed by atoms with Gasteiger partial charge in [-0.05, 0) is 25.6 Å². The molecule has 1 aromatic heterocycles. The summed E-state index contributed by atoms with van der Waals surface area (Å²) >= 11 is 4.87. The van der Waals surface area contributed by atoms with Crippen LogP contribution in [0.4, 0.5) is 0 Å². The molecular weight excluding hydrogens is 204 g/mol. The Bertz CT molecular complexity index is 429. The van der Waals surface area contributed by atoms with E-state index in [1.807, 2.05) is 0 Å². The first-order valence-corrected chi connectivity index (χ1v) is 4.54. The lowest BCUT2D eigenvalue weighted by atomic mass is 9.98. The van der Waals surface area contributed by atoms with Gasteiger partial charge in [-0.3, -0.25) is 14.5 Å². The number of nitrogens with one attached hydrogen (secondary N) is 2. The van der Waals surface area contributed by atoms with Gasteiger partial charge in [0.05, 0.1) is 0 Å². The summed E-state index contributed by atoms with van der Waals surface area (Å²) in [5, 5.41) is 4.77. The predicted molar refractivity (Wildman–Crippen MR) is 53.4 cm³/mol. The molecular formula is C7H12N4O2S. The number of hydrogen-bond donors (Lipinski definition) is 3. The molecule has 6 nitrogen and oxygen atoms in total. The van der Waals surface area contributed by atoms with Crippen LogP contribution in [0.3, 0.4) is 0 Å². The van der Waals surface area contributed by atoms with E-state index in [0.29, 0.717) is 6.42 Å². The minimum Gasteiger partial charge on any atom is -0.368 e. The average molecular weight is 216 g/mol. The zero-order valence-corrected chi connectivity index (χ0v) is 8.77. The van der Waals surface area contributed by atoms with Gasteiger partial charge in [-0.1, -0.05) is 6.92 Å². The van der Waals surface area contributed by atoms with Crippen LogP contribution in [0.25, 0.3) is 0 Å². The van der Waals surface area contributed by atoms with Crippen LogP contribution in [0, 0.1) is 4.77 Å². The first-order chi connectivity index (χ1) is 6.43. The number of aromatic amines is 2. The third-order valence-corrected chi connectivity index (χ3v) is 2.68. The highest BCUT2D eigenvalue weighted by molar-refractivity contribution is 7.71. The monoisotopic (exact) mass is 216 g/mol. The number of primary amides is 1. The van der Waals surface area contributed by atoms with Crippen LogP contribution in [-0.4, -0.2) is 20.7 Å². The van der Waals surface area contributed by atoms with Crippen molar-refractivity contribution < 1.29 is 4.79 Å². The maximum Gasteiger partial charge on any atom is 0.343 e. The van der Waals surface area contributed by atoms with Gasteiger partial charge in [0.25, 0.3) is 0 Å². The number of nitrogens with zero attached hydrogens (tertiary/aromatic N) is 1. The summed E-state index contributed by atoms with van der Waals surface area (Å²) in [6.45, 7) is 3.34. The Balaban J connectivity index is 3.48. The lowest BCUT2D eigenvalue weighted by Gasteiger charge is -2.24. The molecule has 0 aliphatic carbocycles. The van der Waals surface area contributed by atoms with Crippen LogP contribution in [0.5, 0.6) is 0 Å². The molecule has 0 saturated carbocycles. The molecule has 1 unspecified atom stereocenters. The number of carbonyl (C=O) groups is 1. The lowest BCUT2D eigenvalue weighted by molar-refractivity contribution is -0.126. The summed E-state index contributed by atoms with van der Waals surface area (Å²) in [6, 6.07) is 0. The summed E-state index contributed by atoms with van der Waals surface area (Å²) in [6.07, 6.45) is 0.400. The van der Waals surface area contributed by atoms with Gasteiger partial charge in [-0.25, -0.2) is 9.89 Å². The number of nitrogens with two attached hydrogens (primary N) is 1. The third-order valence-electron chi connectivity index (χ3n) is 2.40. The summed E-state index contributed by atoms with van der Waals surface area (Å²) in [7, 11) is 0. The van der Waals surface area contributed by atoms with Gasteiger partial charge >= 0.3 is 5.69 Å². The largest absolute Gasteiger partial charge is 0.368 e. The molecule has 0 spiro atoms. The molecule has 0 fully saturated rings.